The normalized spacial score (nSPS) is 8.57. The number of esters is 1. The largest absolute Gasteiger partial charge is 0.468 e. The van der Waals surface area contributed by atoms with E-state index in [9.17, 15) is 4.79 Å². The van der Waals surface area contributed by atoms with Gasteiger partial charge in [-0.3, -0.25) is 4.79 Å². The fraction of sp³-hybridized carbons (Fsp3) is 0.300. The highest BCUT2D eigenvalue weighted by atomic mass is 35.5. The van der Waals surface area contributed by atoms with Crippen LogP contribution in [0.15, 0.2) is 24.3 Å². The standard InChI is InChI=1S/C7H7Cl.C3H7NO2/c1-6-3-2-4-7(8)5-6;1-6-3(5)2-4/h2-5H,1H3;2,4H2,1H3. The molecule has 14 heavy (non-hydrogen) atoms. The van der Waals surface area contributed by atoms with Gasteiger partial charge in [-0.1, -0.05) is 23.7 Å². The average molecular weight is 216 g/mol. The van der Waals surface area contributed by atoms with Crippen molar-refractivity contribution in [3.05, 3.63) is 34.9 Å². The molecule has 0 atom stereocenters. The zero-order chi connectivity index (χ0) is 11.0. The maximum Gasteiger partial charge on any atom is 0.319 e. The molecule has 0 spiro atoms. The molecule has 0 radical (unpaired) electrons. The van der Waals surface area contributed by atoms with Crippen molar-refractivity contribution in [3.63, 3.8) is 0 Å². The molecule has 1 aromatic rings. The molecule has 3 nitrogen and oxygen atoms in total. The van der Waals surface area contributed by atoms with Crippen molar-refractivity contribution in [1.29, 1.82) is 0 Å². The maximum absolute atomic E-state index is 9.83. The van der Waals surface area contributed by atoms with Gasteiger partial charge in [-0.15, -0.1) is 0 Å². The average Bonchev–Trinajstić information content (AvgIpc) is 2.17. The molecule has 0 saturated heterocycles. The summed E-state index contributed by atoms with van der Waals surface area (Å²) in [6.45, 7) is 1.99. The van der Waals surface area contributed by atoms with E-state index in [0.29, 0.717) is 0 Å². The third-order valence-corrected chi connectivity index (χ3v) is 1.61. The second-order valence-electron chi connectivity index (χ2n) is 2.58. The maximum atomic E-state index is 9.83. The Morgan fingerprint density at radius 2 is 2.21 bits per heavy atom. The Morgan fingerprint density at radius 3 is 2.43 bits per heavy atom. The van der Waals surface area contributed by atoms with Gasteiger partial charge in [0.2, 0.25) is 0 Å². The fourth-order valence-electron chi connectivity index (χ4n) is 0.689. The number of rotatable bonds is 1. The van der Waals surface area contributed by atoms with Gasteiger partial charge in [0.05, 0.1) is 13.7 Å². The molecule has 1 rings (SSSR count). The highest BCUT2D eigenvalue weighted by Gasteiger charge is 1.87. The lowest BCUT2D eigenvalue weighted by Crippen LogP contribution is -2.14. The summed E-state index contributed by atoms with van der Waals surface area (Å²) in [7, 11) is 1.30. The van der Waals surface area contributed by atoms with Gasteiger partial charge >= 0.3 is 5.97 Å². The number of hydrogen-bond acceptors (Lipinski definition) is 3. The van der Waals surface area contributed by atoms with E-state index < -0.39 is 0 Å². The van der Waals surface area contributed by atoms with Gasteiger partial charge in [0.1, 0.15) is 0 Å². The van der Waals surface area contributed by atoms with Crippen molar-refractivity contribution < 1.29 is 9.53 Å². The first-order chi connectivity index (χ1) is 6.60. The minimum absolute atomic E-state index is 0.0312. The number of aryl methyl sites for hydroxylation is 1. The fourth-order valence-corrected chi connectivity index (χ4v) is 0.934. The van der Waals surface area contributed by atoms with Gasteiger partial charge in [-0.2, -0.15) is 0 Å². The van der Waals surface area contributed by atoms with E-state index in [-0.39, 0.29) is 12.5 Å². The van der Waals surface area contributed by atoms with Crippen molar-refractivity contribution in [2.24, 2.45) is 5.73 Å². The van der Waals surface area contributed by atoms with Gasteiger partial charge < -0.3 is 10.5 Å². The Hall–Kier alpha value is -1.06. The van der Waals surface area contributed by atoms with E-state index in [2.05, 4.69) is 4.74 Å². The molecule has 2 N–H and O–H groups in total. The zero-order valence-corrected chi connectivity index (χ0v) is 9.04. The van der Waals surface area contributed by atoms with Gasteiger partial charge in [0.25, 0.3) is 0 Å². The zero-order valence-electron chi connectivity index (χ0n) is 8.29. The Balaban J connectivity index is 0.000000255. The number of carbonyl (C=O) groups is 1. The van der Waals surface area contributed by atoms with Crippen LogP contribution in [0.1, 0.15) is 5.56 Å². The second-order valence-corrected chi connectivity index (χ2v) is 3.02. The lowest BCUT2D eigenvalue weighted by molar-refractivity contribution is -0.138. The Morgan fingerprint density at radius 1 is 1.57 bits per heavy atom. The van der Waals surface area contributed by atoms with Crippen LogP contribution in [0.3, 0.4) is 0 Å². The highest BCUT2D eigenvalue weighted by Crippen LogP contribution is 2.08. The molecule has 0 heterocycles. The summed E-state index contributed by atoms with van der Waals surface area (Å²) < 4.78 is 4.14. The van der Waals surface area contributed by atoms with Gasteiger partial charge in [-0.25, -0.2) is 0 Å². The quantitative estimate of drug-likeness (QED) is 0.727. The van der Waals surface area contributed by atoms with Crippen molar-refractivity contribution in [3.8, 4) is 0 Å². The van der Waals surface area contributed by atoms with Gasteiger partial charge in [0.15, 0.2) is 0 Å². The van der Waals surface area contributed by atoms with Crippen molar-refractivity contribution in [1.82, 2.24) is 0 Å². The summed E-state index contributed by atoms with van der Waals surface area (Å²) in [5, 5.41) is 0.810. The number of halogens is 1. The molecule has 0 fully saturated rings. The number of ether oxygens (including phenoxy) is 1. The van der Waals surface area contributed by atoms with E-state index in [1.54, 1.807) is 0 Å². The molecule has 0 bridgehead atoms. The number of hydrogen-bond donors (Lipinski definition) is 1. The summed E-state index contributed by atoms with van der Waals surface area (Å²) >= 11 is 5.64. The van der Waals surface area contributed by atoms with Crippen LogP contribution in [0.2, 0.25) is 5.02 Å². The predicted molar refractivity (Wildman–Crippen MR) is 57.3 cm³/mol. The first kappa shape index (κ1) is 12.9. The summed E-state index contributed by atoms with van der Waals surface area (Å²) in [5.41, 5.74) is 6.01. The number of methoxy groups -OCH3 is 1. The minimum atomic E-state index is -0.380. The van der Waals surface area contributed by atoms with Crippen LogP contribution in [0, 0.1) is 6.92 Å². The molecule has 0 amide bonds. The molecule has 0 aliphatic rings. The van der Waals surface area contributed by atoms with Crippen LogP contribution in [-0.4, -0.2) is 19.6 Å². The van der Waals surface area contributed by atoms with E-state index >= 15 is 0 Å². The third-order valence-electron chi connectivity index (χ3n) is 1.37. The van der Waals surface area contributed by atoms with Gasteiger partial charge in [-0.05, 0) is 24.6 Å². The summed E-state index contributed by atoms with van der Waals surface area (Å²) in [6, 6.07) is 7.76. The van der Waals surface area contributed by atoms with Crippen LogP contribution in [0.4, 0.5) is 0 Å². The van der Waals surface area contributed by atoms with Crippen molar-refractivity contribution in [2.75, 3.05) is 13.7 Å². The number of benzene rings is 1. The number of nitrogens with two attached hydrogens (primary N) is 1. The predicted octanol–water partition coefficient (Wildman–Crippen LogP) is 1.77. The smallest absolute Gasteiger partial charge is 0.319 e. The molecular formula is C10H14ClNO2. The van der Waals surface area contributed by atoms with Gasteiger partial charge in [0, 0.05) is 5.02 Å². The van der Waals surface area contributed by atoms with E-state index in [1.165, 1.54) is 12.7 Å². The molecule has 78 valence electrons. The molecule has 0 unspecified atom stereocenters. The van der Waals surface area contributed by atoms with E-state index in [1.807, 2.05) is 31.2 Å². The summed E-state index contributed by atoms with van der Waals surface area (Å²) in [6.07, 6.45) is 0. The van der Waals surface area contributed by atoms with Crippen LogP contribution < -0.4 is 5.73 Å². The van der Waals surface area contributed by atoms with Crippen LogP contribution in [0.25, 0.3) is 0 Å². The van der Waals surface area contributed by atoms with Crippen LogP contribution in [0.5, 0.6) is 0 Å². The first-order valence-electron chi connectivity index (χ1n) is 4.09. The molecule has 0 aromatic heterocycles. The molecule has 0 aliphatic heterocycles. The lowest BCUT2D eigenvalue weighted by atomic mass is 10.2. The summed E-state index contributed by atoms with van der Waals surface area (Å²) in [4.78, 5) is 9.83. The first-order valence-corrected chi connectivity index (χ1v) is 4.47. The molecule has 1 aromatic carbocycles. The number of carbonyl (C=O) groups excluding carboxylic acids is 1. The third kappa shape index (κ3) is 6.46. The minimum Gasteiger partial charge on any atom is -0.468 e. The SMILES string of the molecule is COC(=O)CN.Cc1cccc(Cl)c1. The van der Waals surface area contributed by atoms with Crippen molar-refractivity contribution >= 4 is 17.6 Å². The Labute approximate surface area is 88.8 Å². The Kier molecular flexibility index (Phi) is 6.80. The van der Waals surface area contributed by atoms with Crippen LogP contribution in [-0.2, 0) is 9.53 Å². The molecule has 0 aliphatic carbocycles. The topological polar surface area (TPSA) is 52.3 Å². The molecular weight excluding hydrogens is 202 g/mol. The molecule has 4 heteroatoms. The van der Waals surface area contributed by atoms with E-state index in [4.69, 9.17) is 17.3 Å². The summed E-state index contributed by atoms with van der Waals surface area (Å²) in [5.74, 6) is -0.380. The van der Waals surface area contributed by atoms with Crippen LogP contribution >= 0.6 is 11.6 Å². The van der Waals surface area contributed by atoms with Crippen molar-refractivity contribution in [2.45, 2.75) is 6.92 Å². The second kappa shape index (κ2) is 7.35. The Bertz CT molecular complexity index is 266. The van der Waals surface area contributed by atoms with E-state index in [0.717, 1.165) is 5.02 Å². The monoisotopic (exact) mass is 215 g/mol. The highest BCUT2D eigenvalue weighted by molar-refractivity contribution is 6.30. The molecule has 0 saturated carbocycles. The lowest BCUT2D eigenvalue weighted by Gasteiger charge is -1.88.